The van der Waals surface area contributed by atoms with Crippen LogP contribution < -0.4 is 5.32 Å². The molecular weight excluding hydrogens is 227 g/mol. The second-order valence-electron chi connectivity index (χ2n) is 3.63. The van der Waals surface area contributed by atoms with Crippen molar-refractivity contribution in [3.05, 3.63) is 29.8 Å². The van der Waals surface area contributed by atoms with Gasteiger partial charge in [-0.15, -0.1) is 0 Å². The van der Waals surface area contributed by atoms with Crippen molar-refractivity contribution in [2.75, 3.05) is 26.4 Å². The zero-order chi connectivity index (χ0) is 12.1. The summed E-state index contributed by atoms with van der Waals surface area (Å²) in [6.45, 7) is 1.84. The Balaban J connectivity index is 1.87. The van der Waals surface area contributed by atoms with Crippen LogP contribution in [0.5, 0.6) is 0 Å². The molecule has 1 aromatic heterocycles. The number of amides is 1. The Morgan fingerprint density at radius 3 is 3.18 bits per heavy atom. The lowest BCUT2D eigenvalue weighted by Gasteiger charge is -2.23. The number of rotatable bonds is 3. The fourth-order valence-corrected chi connectivity index (χ4v) is 1.52. The van der Waals surface area contributed by atoms with E-state index in [4.69, 9.17) is 9.47 Å². The molecule has 0 saturated carbocycles. The molecule has 1 amide bonds. The minimum Gasteiger partial charge on any atom is -0.376 e. The lowest BCUT2D eigenvalue weighted by atomic mass is 10.2. The normalized spacial score (nSPS) is 19.9. The van der Waals surface area contributed by atoms with Crippen LogP contribution >= 0.6 is 0 Å². The first kappa shape index (κ1) is 11.9. The van der Waals surface area contributed by atoms with Gasteiger partial charge in [0.2, 0.25) is 0 Å². The third-order valence-corrected chi connectivity index (χ3v) is 2.39. The summed E-state index contributed by atoms with van der Waals surface area (Å²) in [6.07, 6.45) is 2.21. The number of hydrogen-bond acceptors (Lipinski definition) is 4. The molecular formula is C11H13FN2O3. The molecule has 1 aliphatic rings. The third-order valence-electron chi connectivity index (χ3n) is 2.39. The lowest BCUT2D eigenvalue weighted by Crippen LogP contribution is -2.39. The quantitative estimate of drug-likeness (QED) is 0.829. The molecule has 0 radical (unpaired) electrons. The van der Waals surface area contributed by atoms with E-state index in [9.17, 15) is 9.18 Å². The van der Waals surface area contributed by atoms with Crippen molar-refractivity contribution >= 4 is 5.91 Å². The summed E-state index contributed by atoms with van der Waals surface area (Å²) < 4.78 is 23.8. The maximum Gasteiger partial charge on any atom is 0.254 e. The van der Waals surface area contributed by atoms with Crippen LogP contribution in [-0.4, -0.2) is 43.4 Å². The first-order valence-electron chi connectivity index (χ1n) is 5.34. The van der Waals surface area contributed by atoms with Crippen molar-refractivity contribution in [1.82, 2.24) is 10.3 Å². The van der Waals surface area contributed by atoms with Crippen molar-refractivity contribution < 1.29 is 18.7 Å². The van der Waals surface area contributed by atoms with E-state index in [2.05, 4.69) is 10.3 Å². The van der Waals surface area contributed by atoms with Crippen LogP contribution in [0.3, 0.4) is 0 Å². The Labute approximate surface area is 97.9 Å². The molecule has 1 aromatic rings. The largest absolute Gasteiger partial charge is 0.376 e. The fourth-order valence-electron chi connectivity index (χ4n) is 1.52. The number of aromatic nitrogens is 1. The smallest absolute Gasteiger partial charge is 0.254 e. The summed E-state index contributed by atoms with van der Waals surface area (Å²) in [5.41, 5.74) is -0.0169. The number of pyridine rings is 1. The molecule has 1 fully saturated rings. The standard InChI is InChI=1S/C11H13FN2O3/c12-10-6-13-2-1-9(10)11(15)14-5-8-7-16-3-4-17-8/h1-2,6,8H,3-5,7H2,(H,14,15). The van der Waals surface area contributed by atoms with Crippen LogP contribution in [0.25, 0.3) is 0 Å². The first-order valence-corrected chi connectivity index (χ1v) is 5.34. The maximum atomic E-state index is 13.2. The van der Waals surface area contributed by atoms with Gasteiger partial charge in [-0.2, -0.15) is 0 Å². The molecule has 1 aliphatic heterocycles. The summed E-state index contributed by atoms with van der Waals surface area (Å²) in [5.74, 6) is -1.11. The average Bonchev–Trinajstić information content (AvgIpc) is 2.38. The lowest BCUT2D eigenvalue weighted by molar-refractivity contribution is -0.0855. The van der Waals surface area contributed by atoms with E-state index >= 15 is 0 Å². The molecule has 0 bridgehead atoms. The van der Waals surface area contributed by atoms with E-state index in [1.54, 1.807) is 0 Å². The minimum atomic E-state index is -0.634. The minimum absolute atomic E-state index is 0.0169. The van der Waals surface area contributed by atoms with Gasteiger partial charge in [-0.3, -0.25) is 9.78 Å². The van der Waals surface area contributed by atoms with E-state index in [1.807, 2.05) is 0 Å². The van der Waals surface area contributed by atoms with Gasteiger partial charge in [-0.25, -0.2) is 4.39 Å². The number of hydrogen-bond donors (Lipinski definition) is 1. The highest BCUT2D eigenvalue weighted by Gasteiger charge is 2.17. The molecule has 0 spiro atoms. The van der Waals surface area contributed by atoms with Crippen molar-refractivity contribution in [1.29, 1.82) is 0 Å². The van der Waals surface area contributed by atoms with E-state index in [0.717, 1.165) is 6.20 Å². The van der Waals surface area contributed by atoms with Gasteiger partial charge in [0.05, 0.1) is 37.7 Å². The Kier molecular flexibility index (Phi) is 4.00. The van der Waals surface area contributed by atoms with Crippen LogP contribution in [-0.2, 0) is 9.47 Å². The number of nitrogens with one attached hydrogen (secondary N) is 1. The van der Waals surface area contributed by atoms with Gasteiger partial charge in [0, 0.05) is 12.7 Å². The SMILES string of the molecule is O=C(NCC1COCCO1)c1ccncc1F. The number of ether oxygens (including phenoxy) is 2. The number of nitrogens with zero attached hydrogens (tertiary/aromatic N) is 1. The summed E-state index contributed by atoms with van der Waals surface area (Å²) in [7, 11) is 0. The summed E-state index contributed by atoms with van der Waals surface area (Å²) >= 11 is 0. The Bertz CT molecular complexity index is 394. The van der Waals surface area contributed by atoms with Gasteiger partial charge in [0.15, 0.2) is 5.82 Å². The highest BCUT2D eigenvalue weighted by atomic mass is 19.1. The van der Waals surface area contributed by atoms with Crippen LogP contribution in [0, 0.1) is 5.82 Å². The van der Waals surface area contributed by atoms with Gasteiger partial charge >= 0.3 is 0 Å². The zero-order valence-corrected chi connectivity index (χ0v) is 9.19. The fraction of sp³-hybridized carbons (Fsp3) is 0.455. The predicted molar refractivity (Wildman–Crippen MR) is 57.1 cm³/mol. The molecule has 0 aromatic carbocycles. The molecule has 2 rings (SSSR count). The van der Waals surface area contributed by atoms with Gasteiger partial charge in [0.25, 0.3) is 5.91 Å². The van der Waals surface area contributed by atoms with Crippen LogP contribution in [0.2, 0.25) is 0 Å². The number of halogens is 1. The molecule has 2 heterocycles. The molecule has 6 heteroatoms. The van der Waals surface area contributed by atoms with Gasteiger partial charge < -0.3 is 14.8 Å². The summed E-state index contributed by atoms with van der Waals surface area (Å²) in [6, 6.07) is 1.34. The van der Waals surface area contributed by atoms with Gasteiger partial charge in [-0.1, -0.05) is 0 Å². The van der Waals surface area contributed by atoms with Crippen molar-refractivity contribution in [3.63, 3.8) is 0 Å². The van der Waals surface area contributed by atoms with E-state index < -0.39 is 11.7 Å². The summed E-state index contributed by atoms with van der Waals surface area (Å²) in [5, 5.41) is 2.60. The van der Waals surface area contributed by atoms with Gasteiger partial charge in [-0.05, 0) is 6.07 Å². The average molecular weight is 240 g/mol. The highest BCUT2D eigenvalue weighted by molar-refractivity contribution is 5.94. The molecule has 1 unspecified atom stereocenters. The first-order chi connectivity index (χ1) is 8.27. The van der Waals surface area contributed by atoms with Crippen LogP contribution in [0.4, 0.5) is 4.39 Å². The maximum absolute atomic E-state index is 13.2. The number of carbonyl (C=O) groups excluding carboxylic acids is 1. The topological polar surface area (TPSA) is 60.5 Å². The molecule has 92 valence electrons. The number of carbonyl (C=O) groups is 1. The predicted octanol–water partition coefficient (Wildman–Crippen LogP) is 0.366. The molecule has 5 nitrogen and oxygen atoms in total. The van der Waals surface area contributed by atoms with Crippen LogP contribution in [0.15, 0.2) is 18.5 Å². The van der Waals surface area contributed by atoms with E-state index in [0.29, 0.717) is 26.4 Å². The Morgan fingerprint density at radius 1 is 1.59 bits per heavy atom. The van der Waals surface area contributed by atoms with Crippen molar-refractivity contribution in [2.24, 2.45) is 0 Å². The van der Waals surface area contributed by atoms with Crippen molar-refractivity contribution in [3.8, 4) is 0 Å². The monoisotopic (exact) mass is 240 g/mol. The highest BCUT2D eigenvalue weighted by Crippen LogP contribution is 2.05. The molecule has 1 N–H and O–H groups in total. The Hall–Kier alpha value is -1.53. The molecule has 1 atom stereocenters. The Morgan fingerprint density at radius 2 is 2.47 bits per heavy atom. The zero-order valence-electron chi connectivity index (χ0n) is 9.19. The van der Waals surface area contributed by atoms with E-state index in [1.165, 1.54) is 12.3 Å². The van der Waals surface area contributed by atoms with Crippen molar-refractivity contribution in [2.45, 2.75) is 6.10 Å². The van der Waals surface area contributed by atoms with Crippen LogP contribution in [0.1, 0.15) is 10.4 Å². The third kappa shape index (κ3) is 3.21. The van der Waals surface area contributed by atoms with Gasteiger partial charge in [0.1, 0.15) is 0 Å². The van der Waals surface area contributed by atoms with E-state index in [-0.39, 0.29) is 11.7 Å². The second kappa shape index (κ2) is 5.70. The molecule has 0 aliphatic carbocycles. The summed E-state index contributed by atoms with van der Waals surface area (Å²) in [4.78, 5) is 15.2. The molecule has 17 heavy (non-hydrogen) atoms. The second-order valence-corrected chi connectivity index (χ2v) is 3.63. The molecule has 1 saturated heterocycles.